The van der Waals surface area contributed by atoms with Crippen LogP contribution in [0.25, 0.3) is 0 Å². The van der Waals surface area contributed by atoms with E-state index >= 15 is 0 Å². The van der Waals surface area contributed by atoms with Crippen LogP contribution in [0.1, 0.15) is 21.5 Å². The van der Waals surface area contributed by atoms with Crippen LogP contribution in [0.5, 0.6) is 5.75 Å². The summed E-state index contributed by atoms with van der Waals surface area (Å²) in [5.74, 6) is 1.05. The molecule has 1 aliphatic rings. The molecule has 2 aromatic carbocycles. The largest absolute Gasteiger partial charge is 0.497 e. The first kappa shape index (κ1) is 17.5. The van der Waals surface area contributed by atoms with Gasteiger partial charge in [0.05, 0.1) is 7.11 Å². The molecule has 1 amide bonds. The molecular weight excluding hydrogens is 312 g/mol. The maximum atomic E-state index is 12.6. The van der Waals surface area contributed by atoms with E-state index in [1.165, 1.54) is 11.1 Å². The molecule has 2 aromatic rings. The van der Waals surface area contributed by atoms with E-state index in [1.807, 2.05) is 48.2 Å². The van der Waals surface area contributed by atoms with E-state index in [0.717, 1.165) is 50.5 Å². The zero-order valence-corrected chi connectivity index (χ0v) is 15.1. The Morgan fingerprint density at radius 1 is 1.04 bits per heavy atom. The van der Waals surface area contributed by atoms with Gasteiger partial charge in [-0.05, 0) is 43.2 Å². The molecule has 0 radical (unpaired) electrons. The number of rotatable bonds is 5. The first-order chi connectivity index (χ1) is 12.2. The fourth-order valence-corrected chi connectivity index (χ4v) is 3.17. The molecule has 3 rings (SSSR count). The molecule has 0 aromatic heterocycles. The van der Waals surface area contributed by atoms with Gasteiger partial charge in [-0.1, -0.05) is 29.8 Å². The molecule has 1 saturated heterocycles. The zero-order chi connectivity index (χ0) is 17.6. The third-order valence-corrected chi connectivity index (χ3v) is 4.81. The molecule has 4 heteroatoms. The molecule has 132 valence electrons. The highest BCUT2D eigenvalue weighted by Gasteiger charge is 2.21. The Labute approximate surface area is 150 Å². The van der Waals surface area contributed by atoms with E-state index in [0.29, 0.717) is 0 Å². The highest BCUT2D eigenvalue weighted by Crippen LogP contribution is 2.14. The van der Waals surface area contributed by atoms with Crippen molar-refractivity contribution < 1.29 is 9.53 Å². The number of methoxy groups -OCH3 is 1. The van der Waals surface area contributed by atoms with Crippen LogP contribution in [0, 0.1) is 6.92 Å². The lowest BCUT2D eigenvalue weighted by Gasteiger charge is -2.34. The van der Waals surface area contributed by atoms with Gasteiger partial charge in [-0.25, -0.2) is 0 Å². The van der Waals surface area contributed by atoms with E-state index in [2.05, 4.69) is 17.0 Å². The lowest BCUT2D eigenvalue weighted by atomic mass is 10.1. The van der Waals surface area contributed by atoms with E-state index in [9.17, 15) is 4.79 Å². The zero-order valence-electron chi connectivity index (χ0n) is 15.1. The van der Waals surface area contributed by atoms with Gasteiger partial charge in [-0.3, -0.25) is 9.69 Å². The van der Waals surface area contributed by atoms with Gasteiger partial charge in [0.2, 0.25) is 0 Å². The van der Waals surface area contributed by atoms with E-state index in [-0.39, 0.29) is 5.91 Å². The molecule has 0 aliphatic carbocycles. The molecule has 1 heterocycles. The molecule has 0 saturated carbocycles. The Hall–Kier alpha value is -2.33. The van der Waals surface area contributed by atoms with Crippen molar-refractivity contribution in [2.24, 2.45) is 0 Å². The molecule has 1 aliphatic heterocycles. The summed E-state index contributed by atoms with van der Waals surface area (Å²) >= 11 is 0. The van der Waals surface area contributed by atoms with Crippen molar-refractivity contribution in [2.45, 2.75) is 13.3 Å². The van der Waals surface area contributed by atoms with Crippen molar-refractivity contribution in [1.29, 1.82) is 0 Å². The van der Waals surface area contributed by atoms with Gasteiger partial charge < -0.3 is 9.64 Å². The monoisotopic (exact) mass is 338 g/mol. The van der Waals surface area contributed by atoms with Crippen LogP contribution in [-0.2, 0) is 6.42 Å². The molecule has 1 fully saturated rings. The van der Waals surface area contributed by atoms with Crippen molar-refractivity contribution >= 4 is 5.91 Å². The number of carbonyl (C=O) groups excluding carboxylic acids is 1. The van der Waals surface area contributed by atoms with Gasteiger partial charge in [0.1, 0.15) is 5.75 Å². The number of hydrogen-bond donors (Lipinski definition) is 0. The molecule has 0 unspecified atom stereocenters. The Morgan fingerprint density at radius 3 is 2.44 bits per heavy atom. The summed E-state index contributed by atoms with van der Waals surface area (Å²) < 4.78 is 5.28. The summed E-state index contributed by atoms with van der Waals surface area (Å²) in [4.78, 5) is 17.0. The Bertz CT molecular complexity index is 704. The smallest absolute Gasteiger partial charge is 0.253 e. The van der Waals surface area contributed by atoms with Crippen LogP contribution in [0.2, 0.25) is 0 Å². The second-order valence-electron chi connectivity index (χ2n) is 6.60. The van der Waals surface area contributed by atoms with E-state index in [4.69, 9.17) is 4.74 Å². The molecule has 0 spiro atoms. The number of hydrogen-bond acceptors (Lipinski definition) is 3. The standard InChI is InChI=1S/C21H26N2O2/c1-17-6-8-19(9-7-17)21(24)23-14-12-22(13-15-23)11-10-18-4-3-5-20(16-18)25-2/h3-9,16H,10-15H2,1-2H3. The summed E-state index contributed by atoms with van der Waals surface area (Å²) in [5, 5.41) is 0. The molecule has 0 bridgehead atoms. The summed E-state index contributed by atoms with van der Waals surface area (Å²) in [7, 11) is 1.70. The predicted molar refractivity (Wildman–Crippen MR) is 100 cm³/mol. The summed E-state index contributed by atoms with van der Waals surface area (Å²) in [6.07, 6.45) is 1.00. The maximum absolute atomic E-state index is 12.6. The van der Waals surface area contributed by atoms with Crippen molar-refractivity contribution in [3.8, 4) is 5.75 Å². The minimum atomic E-state index is 0.146. The van der Waals surface area contributed by atoms with Crippen LogP contribution >= 0.6 is 0 Å². The molecular formula is C21H26N2O2. The number of ether oxygens (including phenoxy) is 1. The quantitative estimate of drug-likeness (QED) is 0.840. The van der Waals surface area contributed by atoms with Crippen LogP contribution < -0.4 is 4.74 Å². The van der Waals surface area contributed by atoms with Crippen molar-refractivity contribution in [3.05, 3.63) is 65.2 Å². The highest BCUT2D eigenvalue weighted by molar-refractivity contribution is 5.94. The number of piperazine rings is 1. The number of benzene rings is 2. The number of amides is 1. The average molecular weight is 338 g/mol. The summed E-state index contributed by atoms with van der Waals surface area (Å²) in [5.41, 5.74) is 3.26. The number of carbonyl (C=O) groups is 1. The van der Waals surface area contributed by atoms with Gasteiger partial charge in [0, 0.05) is 38.3 Å². The van der Waals surface area contributed by atoms with Crippen molar-refractivity contribution in [1.82, 2.24) is 9.80 Å². The maximum Gasteiger partial charge on any atom is 0.253 e. The molecule has 4 nitrogen and oxygen atoms in total. The third-order valence-electron chi connectivity index (χ3n) is 4.81. The third kappa shape index (κ3) is 4.60. The molecule has 25 heavy (non-hydrogen) atoms. The molecule has 0 N–H and O–H groups in total. The topological polar surface area (TPSA) is 32.8 Å². The van der Waals surface area contributed by atoms with Crippen LogP contribution in [0.3, 0.4) is 0 Å². The normalized spacial score (nSPS) is 15.2. The van der Waals surface area contributed by atoms with Gasteiger partial charge in [0.25, 0.3) is 5.91 Å². The fourth-order valence-electron chi connectivity index (χ4n) is 3.17. The SMILES string of the molecule is COc1cccc(CCN2CCN(C(=O)c3ccc(C)cc3)CC2)c1. The summed E-state index contributed by atoms with van der Waals surface area (Å²) in [6.45, 7) is 6.51. The average Bonchev–Trinajstić information content (AvgIpc) is 2.67. The van der Waals surface area contributed by atoms with Crippen LogP contribution in [0.15, 0.2) is 48.5 Å². The van der Waals surface area contributed by atoms with Crippen LogP contribution in [0.4, 0.5) is 0 Å². The van der Waals surface area contributed by atoms with Gasteiger partial charge in [0.15, 0.2) is 0 Å². The Morgan fingerprint density at radius 2 is 1.76 bits per heavy atom. The predicted octanol–water partition coefficient (Wildman–Crippen LogP) is 3.00. The fraction of sp³-hybridized carbons (Fsp3) is 0.381. The summed E-state index contributed by atoms with van der Waals surface area (Å²) in [6, 6.07) is 16.1. The second-order valence-corrected chi connectivity index (χ2v) is 6.60. The number of nitrogens with zero attached hydrogens (tertiary/aromatic N) is 2. The number of aryl methyl sites for hydroxylation is 1. The first-order valence-electron chi connectivity index (χ1n) is 8.87. The minimum Gasteiger partial charge on any atom is -0.497 e. The first-order valence-corrected chi connectivity index (χ1v) is 8.87. The van der Waals surface area contributed by atoms with Crippen LogP contribution in [-0.4, -0.2) is 55.5 Å². The van der Waals surface area contributed by atoms with Gasteiger partial charge in [-0.2, -0.15) is 0 Å². The second kappa shape index (κ2) is 8.17. The Kier molecular flexibility index (Phi) is 5.71. The van der Waals surface area contributed by atoms with Crippen molar-refractivity contribution in [2.75, 3.05) is 39.8 Å². The van der Waals surface area contributed by atoms with Gasteiger partial charge in [-0.15, -0.1) is 0 Å². The minimum absolute atomic E-state index is 0.146. The molecule has 0 atom stereocenters. The lowest BCUT2D eigenvalue weighted by Crippen LogP contribution is -2.49. The van der Waals surface area contributed by atoms with E-state index < -0.39 is 0 Å². The highest BCUT2D eigenvalue weighted by atomic mass is 16.5. The van der Waals surface area contributed by atoms with Crippen molar-refractivity contribution in [3.63, 3.8) is 0 Å². The van der Waals surface area contributed by atoms with E-state index in [1.54, 1.807) is 7.11 Å². The lowest BCUT2D eigenvalue weighted by molar-refractivity contribution is 0.0638. The van der Waals surface area contributed by atoms with Gasteiger partial charge >= 0.3 is 0 Å². The Balaban J connectivity index is 1.48.